The summed E-state index contributed by atoms with van der Waals surface area (Å²) < 4.78 is 16.3. The van der Waals surface area contributed by atoms with E-state index in [1.165, 1.54) is 0 Å². The zero-order valence-corrected chi connectivity index (χ0v) is 23.7. The second-order valence-corrected chi connectivity index (χ2v) is 10.7. The molecule has 0 saturated carbocycles. The molecule has 2 aromatic carbocycles. The maximum Gasteiger partial charge on any atom is 0.413 e. The van der Waals surface area contributed by atoms with Crippen LogP contribution in [0.4, 0.5) is 4.79 Å². The number of ether oxygens (including phenoxy) is 3. The molecule has 2 N–H and O–H groups in total. The summed E-state index contributed by atoms with van der Waals surface area (Å²) in [4.78, 5) is 41.2. The highest BCUT2D eigenvalue weighted by atomic mass is 16.6. The summed E-state index contributed by atoms with van der Waals surface area (Å²) in [7, 11) is 1.63. The van der Waals surface area contributed by atoms with Crippen molar-refractivity contribution in [2.24, 2.45) is 5.41 Å². The van der Waals surface area contributed by atoms with Crippen LogP contribution in [-0.4, -0.2) is 61.8 Å². The van der Waals surface area contributed by atoms with E-state index < -0.39 is 23.6 Å². The number of rotatable bonds is 11. The fourth-order valence-electron chi connectivity index (χ4n) is 4.47. The predicted molar refractivity (Wildman–Crippen MR) is 152 cm³/mol. The Hall–Kier alpha value is -4.03. The first-order chi connectivity index (χ1) is 19.1. The van der Waals surface area contributed by atoms with Gasteiger partial charge in [0.25, 0.3) is 0 Å². The van der Waals surface area contributed by atoms with Crippen LogP contribution in [0.25, 0.3) is 0 Å². The van der Waals surface area contributed by atoms with Crippen LogP contribution in [0.1, 0.15) is 51.2 Å². The van der Waals surface area contributed by atoms with Crippen LogP contribution < -0.4 is 20.1 Å². The molecule has 1 fully saturated rings. The third-order valence-corrected chi connectivity index (χ3v) is 6.60. The van der Waals surface area contributed by atoms with Gasteiger partial charge in [0, 0.05) is 44.4 Å². The van der Waals surface area contributed by atoms with Gasteiger partial charge in [-0.15, -0.1) is 6.42 Å². The van der Waals surface area contributed by atoms with Crippen molar-refractivity contribution >= 4 is 17.9 Å². The minimum absolute atomic E-state index is 0.214. The number of nitrogens with zero attached hydrogens (tertiary/aromatic N) is 1. The van der Waals surface area contributed by atoms with Crippen molar-refractivity contribution in [3.63, 3.8) is 0 Å². The monoisotopic (exact) mass is 549 g/mol. The van der Waals surface area contributed by atoms with E-state index in [0.29, 0.717) is 56.1 Å². The highest BCUT2D eigenvalue weighted by molar-refractivity contribution is 5.92. The number of terminal acetylenes is 1. The molecule has 1 saturated heterocycles. The van der Waals surface area contributed by atoms with Crippen molar-refractivity contribution in [2.75, 3.05) is 26.9 Å². The number of amides is 3. The van der Waals surface area contributed by atoms with Gasteiger partial charge in [0.05, 0.1) is 6.61 Å². The van der Waals surface area contributed by atoms with Gasteiger partial charge in [0.15, 0.2) is 0 Å². The van der Waals surface area contributed by atoms with Crippen molar-refractivity contribution in [3.05, 3.63) is 59.7 Å². The Morgan fingerprint density at radius 1 is 1.12 bits per heavy atom. The Bertz CT molecular complexity index is 1200. The van der Waals surface area contributed by atoms with Crippen molar-refractivity contribution in [1.29, 1.82) is 0 Å². The highest BCUT2D eigenvalue weighted by Gasteiger charge is 2.42. The lowest BCUT2D eigenvalue weighted by Crippen LogP contribution is -2.58. The number of carbonyl (C=O) groups is 3. The summed E-state index contributed by atoms with van der Waals surface area (Å²) in [5, 5.41) is 5.68. The van der Waals surface area contributed by atoms with Crippen LogP contribution in [0.15, 0.2) is 48.5 Å². The average molecular weight is 550 g/mol. The molecule has 9 nitrogen and oxygen atoms in total. The van der Waals surface area contributed by atoms with Crippen molar-refractivity contribution in [3.8, 4) is 23.8 Å². The zero-order chi connectivity index (χ0) is 29.1. The summed E-state index contributed by atoms with van der Waals surface area (Å²) in [5.41, 5.74) is 0.832. The first-order valence-corrected chi connectivity index (χ1v) is 13.5. The molecule has 2 aromatic rings. The number of likely N-dealkylation sites (tertiary alicyclic amines) is 1. The highest BCUT2D eigenvalue weighted by Crippen LogP contribution is 2.27. The molecule has 1 aliphatic heterocycles. The Labute approximate surface area is 236 Å². The second-order valence-electron chi connectivity index (χ2n) is 10.7. The molecular weight excluding hydrogens is 510 g/mol. The minimum Gasteiger partial charge on any atom is -0.493 e. The molecule has 0 aliphatic carbocycles. The summed E-state index contributed by atoms with van der Waals surface area (Å²) >= 11 is 0. The third-order valence-electron chi connectivity index (χ3n) is 6.60. The number of hydrogen-bond donors (Lipinski definition) is 2. The lowest BCUT2D eigenvalue weighted by atomic mass is 9.85. The van der Waals surface area contributed by atoms with Crippen LogP contribution >= 0.6 is 0 Å². The lowest BCUT2D eigenvalue weighted by molar-refractivity contribution is -0.142. The van der Waals surface area contributed by atoms with Gasteiger partial charge in [0.1, 0.15) is 23.6 Å². The Morgan fingerprint density at radius 2 is 1.88 bits per heavy atom. The van der Waals surface area contributed by atoms with Crippen molar-refractivity contribution in [1.82, 2.24) is 15.5 Å². The maximum atomic E-state index is 13.7. The topological polar surface area (TPSA) is 106 Å². The molecule has 40 heavy (non-hydrogen) atoms. The molecule has 1 heterocycles. The van der Waals surface area contributed by atoms with Gasteiger partial charge in [-0.05, 0) is 42.5 Å². The molecule has 0 bridgehead atoms. The van der Waals surface area contributed by atoms with E-state index in [9.17, 15) is 14.4 Å². The van der Waals surface area contributed by atoms with Crippen LogP contribution in [0.3, 0.4) is 0 Å². The normalized spacial score (nSPS) is 15.6. The predicted octanol–water partition coefficient (Wildman–Crippen LogP) is 3.89. The fraction of sp³-hybridized carbons (Fsp3) is 0.452. The number of carbonyl (C=O) groups excluding carboxylic acids is 3. The summed E-state index contributed by atoms with van der Waals surface area (Å²) in [6.07, 6.45) is 6.74. The summed E-state index contributed by atoms with van der Waals surface area (Å²) in [6, 6.07) is 12.5. The lowest BCUT2D eigenvalue weighted by Gasteiger charge is -2.35. The van der Waals surface area contributed by atoms with E-state index >= 15 is 0 Å². The van der Waals surface area contributed by atoms with E-state index in [1.54, 1.807) is 48.4 Å². The maximum absolute atomic E-state index is 13.7. The van der Waals surface area contributed by atoms with E-state index in [1.807, 2.05) is 32.9 Å². The zero-order valence-electron chi connectivity index (χ0n) is 23.7. The SMILES string of the molecule is C#Cc1ccc(CNC(=O)C2CCCN2C(=O)C(NC(=O)Oc2ccccc2)C(C)(C)C)c(OCCCOC)c1. The molecular formula is C31H39N3O6. The van der Waals surface area contributed by atoms with Crippen LogP contribution in [-0.2, 0) is 20.9 Å². The molecule has 2 unspecified atom stereocenters. The fourth-order valence-corrected chi connectivity index (χ4v) is 4.47. The van der Waals surface area contributed by atoms with Crippen LogP contribution in [0.5, 0.6) is 11.5 Å². The van der Waals surface area contributed by atoms with Crippen LogP contribution in [0, 0.1) is 17.8 Å². The molecule has 3 amide bonds. The van der Waals surface area contributed by atoms with E-state index in [-0.39, 0.29) is 18.4 Å². The van der Waals surface area contributed by atoms with Gasteiger partial charge in [-0.2, -0.15) is 0 Å². The summed E-state index contributed by atoms with van der Waals surface area (Å²) in [6.45, 7) is 7.23. The Kier molecular flexibility index (Phi) is 11.0. The molecule has 2 atom stereocenters. The Morgan fingerprint density at radius 3 is 2.55 bits per heavy atom. The molecule has 0 radical (unpaired) electrons. The number of hydrogen-bond acceptors (Lipinski definition) is 6. The van der Waals surface area contributed by atoms with Crippen molar-refractivity contribution < 1.29 is 28.6 Å². The standard InChI is InChI=1S/C31H39N3O6/c1-6-22-15-16-23(26(20-22)39-19-11-18-38-5)21-32-28(35)25-14-10-17-34(25)29(36)27(31(2,3)4)33-30(37)40-24-12-8-7-9-13-24/h1,7-9,12-13,15-16,20,25,27H,10-11,14,17-19,21H2,2-5H3,(H,32,35)(H,33,37). The average Bonchev–Trinajstić information content (AvgIpc) is 3.43. The number of nitrogens with one attached hydrogen (secondary N) is 2. The van der Waals surface area contributed by atoms with E-state index in [4.69, 9.17) is 20.6 Å². The van der Waals surface area contributed by atoms with Crippen LogP contribution in [0.2, 0.25) is 0 Å². The molecule has 0 aromatic heterocycles. The Balaban J connectivity index is 1.67. The third kappa shape index (κ3) is 8.48. The summed E-state index contributed by atoms with van der Waals surface area (Å²) in [5.74, 6) is 2.98. The smallest absolute Gasteiger partial charge is 0.413 e. The molecule has 214 valence electrons. The first-order valence-electron chi connectivity index (χ1n) is 13.5. The first kappa shape index (κ1) is 30.5. The van der Waals surface area contributed by atoms with Gasteiger partial charge in [-0.25, -0.2) is 4.79 Å². The van der Waals surface area contributed by atoms with E-state index in [2.05, 4.69) is 16.6 Å². The molecule has 3 rings (SSSR count). The van der Waals surface area contributed by atoms with Gasteiger partial charge in [-0.3, -0.25) is 9.59 Å². The molecule has 0 spiro atoms. The van der Waals surface area contributed by atoms with Gasteiger partial charge >= 0.3 is 6.09 Å². The minimum atomic E-state index is -0.888. The van der Waals surface area contributed by atoms with E-state index in [0.717, 1.165) is 5.56 Å². The number of para-hydroxylation sites is 1. The van der Waals surface area contributed by atoms with Gasteiger partial charge in [-0.1, -0.05) is 51.0 Å². The number of benzene rings is 2. The second kappa shape index (κ2) is 14.4. The number of methoxy groups -OCH3 is 1. The molecule has 1 aliphatic rings. The van der Waals surface area contributed by atoms with Gasteiger partial charge < -0.3 is 29.7 Å². The largest absolute Gasteiger partial charge is 0.493 e. The van der Waals surface area contributed by atoms with Gasteiger partial charge in [0.2, 0.25) is 11.8 Å². The quantitative estimate of drug-likeness (QED) is 0.325. The molecule has 9 heteroatoms. The van der Waals surface area contributed by atoms with Crippen molar-refractivity contribution in [2.45, 2.75) is 58.7 Å².